The van der Waals surface area contributed by atoms with Crippen LogP contribution in [0.2, 0.25) is 0 Å². The summed E-state index contributed by atoms with van der Waals surface area (Å²) in [6.07, 6.45) is 6.20. The Morgan fingerprint density at radius 2 is 2.19 bits per heavy atom. The van der Waals surface area contributed by atoms with Crippen molar-refractivity contribution >= 4 is 11.6 Å². The molecule has 1 aliphatic rings. The molecule has 5 heteroatoms. The highest BCUT2D eigenvalue weighted by atomic mass is 16.1. The second-order valence-electron chi connectivity index (χ2n) is 6.08. The molecule has 1 aromatic heterocycles. The molecule has 0 aliphatic heterocycles. The Kier molecular flexibility index (Phi) is 5.17. The second kappa shape index (κ2) is 6.89. The van der Waals surface area contributed by atoms with Crippen molar-refractivity contribution in [2.24, 2.45) is 11.7 Å². The fraction of sp³-hybridized carbons (Fsp3) is 0.625. The fourth-order valence-electron chi connectivity index (χ4n) is 2.88. The maximum atomic E-state index is 11.9. The average molecular weight is 290 g/mol. The predicted molar refractivity (Wildman–Crippen MR) is 85.3 cm³/mol. The van der Waals surface area contributed by atoms with Gasteiger partial charge < -0.3 is 16.4 Å². The summed E-state index contributed by atoms with van der Waals surface area (Å²) in [4.78, 5) is 16.0. The highest BCUT2D eigenvalue weighted by molar-refractivity contribution is 5.93. The molecule has 1 aliphatic carbocycles. The number of aromatic nitrogens is 1. The maximum Gasteiger partial charge on any atom is 0.269 e. The first-order chi connectivity index (χ1) is 10.1. The van der Waals surface area contributed by atoms with Gasteiger partial charge in [-0.15, -0.1) is 0 Å². The van der Waals surface area contributed by atoms with Gasteiger partial charge in [0.15, 0.2) is 0 Å². The van der Waals surface area contributed by atoms with Crippen LogP contribution in [-0.4, -0.2) is 29.5 Å². The van der Waals surface area contributed by atoms with Crippen molar-refractivity contribution in [2.45, 2.75) is 45.1 Å². The third-order valence-electron chi connectivity index (χ3n) is 4.36. The molecule has 0 atom stereocenters. The first kappa shape index (κ1) is 15.8. The zero-order chi connectivity index (χ0) is 15.3. The molecule has 1 amide bonds. The number of rotatable bonds is 5. The summed E-state index contributed by atoms with van der Waals surface area (Å²) >= 11 is 0. The first-order valence-corrected chi connectivity index (χ1v) is 7.81. The van der Waals surface area contributed by atoms with Crippen molar-refractivity contribution in [1.29, 1.82) is 0 Å². The van der Waals surface area contributed by atoms with Crippen LogP contribution >= 0.6 is 0 Å². The summed E-state index contributed by atoms with van der Waals surface area (Å²) in [7, 11) is 0. The molecule has 0 aromatic carbocycles. The number of anilines is 1. The molecule has 21 heavy (non-hydrogen) atoms. The topological polar surface area (TPSA) is 80.0 Å². The number of hydrogen-bond donors (Lipinski definition) is 3. The van der Waals surface area contributed by atoms with Gasteiger partial charge in [0, 0.05) is 30.5 Å². The molecule has 1 aromatic rings. The summed E-state index contributed by atoms with van der Waals surface area (Å²) < 4.78 is 0. The Hall–Kier alpha value is -1.62. The molecule has 5 nitrogen and oxygen atoms in total. The normalized spacial score (nSPS) is 25.4. The molecule has 0 spiro atoms. The van der Waals surface area contributed by atoms with Crippen LogP contribution in [-0.2, 0) is 0 Å². The minimum absolute atomic E-state index is 0.0492. The lowest BCUT2D eigenvalue weighted by Gasteiger charge is -2.40. The van der Waals surface area contributed by atoms with Crippen LogP contribution in [0.15, 0.2) is 18.3 Å². The number of nitrogens with two attached hydrogens (primary N) is 1. The van der Waals surface area contributed by atoms with Gasteiger partial charge in [-0.2, -0.15) is 0 Å². The molecule has 1 heterocycles. The van der Waals surface area contributed by atoms with Gasteiger partial charge in [-0.3, -0.25) is 9.78 Å². The molecular weight excluding hydrogens is 264 g/mol. The lowest BCUT2D eigenvalue weighted by molar-refractivity contribution is 0.0951. The SMILES string of the molecule is CCNC(=O)c1cc(NC2(CN)CCC(C)CC2)ccn1. The Bertz CT molecular complexity index is 481. The van der Waals surface area contributed by atoms with Crippen LogP contribution in [0.3, 0.4) is 0 Å². The number of nitrogens with one attached hydrogen (secondary N) is 2. The van der Waals surface area contributed by atoms with Gasteiger partial charge in [0.1, 0.15) is 5.69 Å². The fourth-order valence-corrected chi connectivity index (χ4v) is 2.88. The van der Waals surface area contributed by atoms with Gasteiger partial charge in [0.25, 0.3) is 5.91 Å². The number of carbonyl (C=O) groups excluding carboxylic acids is 1. The predicted octanol–water partition coefficient (Wildman–Crippen LogP) is 2.15. The van der Waals surface area contributed by atoms with Crippen LogP contribution in [0.25, 0.3) is 0 Å². The molecule has 0 bridgehead atoms. The Morgan fingerprint density at radius 3 is 2.81 bits per heavy atom. The second-order valence-corrected chi connectivity index (χ2v) is 6.08. The minimum atomic E-state index is -0.139. The molecule has 1 fully saturated rings. The van der Waals surface area contributed by atoms with E-state index in [1.54, 1.807) is 12.3 Å². The molecule has 4 N–H and O–H groups in total. The van der Waals surface area contributed by atoms with E-state index in [2.05, 4.69) is 22.5 Å². The van der Waals surface area contributed by atoms with E-state index in [4.69, 9.17) is 5.73 Å². The highest BCUT2D eigenvalue weighted by Gasteiger charge is 2.32. The number of hydrogen-bond acceptors (Lipinski definition) is 4. The van der Waals surface area contributed by atoms with Crippen molar-refractivity contribution in [1.82, 2.24) is 10.3 Å². The summed E-state index contributed by atoms with van der Waals surface area (Å²) in [5.74, 6) is 0.634. The van der Waals surface area contributed by atoms with Crippen LogP contribution < -0.4 is 16.4 Å². The molecule has 0 radical (unpaired) electrons. The van der Waals surface area contributed by atoms with Gasteiger partial charge in [-0.1, -0.05) is 6.92 Å². The van der Waals surface area contributed by atoms with E-state index in [0.29, 0.717) is 18.8 Å². The quantitative estimate of drug-likeness (QED) is 0.776. The Balaban J connectivity index is 2.11. The monoisotopic (exact) mass is 290 g/mol. The number of amides is 1. The van der Waals surface area contributed by atoms with Crippen LogP contribution in [0.5, 0.6) is 0 Å². The Morgan fingerprint density at radius 1 is 1.48 bits per heavy atom. The summed E-state index contributed by atoms with van der Waals surface area (Å²) in [5.41, 5.74) is 7.34. The third kappa shape index (κ3) is 3.94. The van der Waals surface area contributed by atoms with E-state index in [0.717, 1.165) is 24.4 Å². The van der Waals surface area contributed by atoms with Crippen molar-refractivity contribution < 1.29 is 4.79 Å². The van der Waals surface area contributed by atoms with Gasteiger partial charge in [0.05, 0.1) is 0 Å². The zero-order valence-corrected chi connectivity index (χ0v) is 13.0. The summed E-state index contributed by atoms with van der Waals surface area (Å²) in [6, 6.07) is 3.71. The zero-order valence-electron chi connectivity index (χ0n) is 13.0. The largest absolute Gasteiger partial charge is 0.378 e. The van der Waals surface area contributed by atoms with Crippen LogP contribution in [0, 0.1) is 5.92 Å². The van der Waals surface area contributed by atoms with Gasteiger partial charge >= 0.3 is 0 Å². The Labute approximate surface area is 126 Å². The smallest absolute Gasteiger partial charge is 0.269 e. The molecule has 0 unspecified atom stereocenters. The van der Waals surface area contributed by atoms with Crippen LogP contribution in [0.1, 0.15) is 50.0 Å². The first-order valence-electron chi connectivity index (χ1n) is 7.81. The standard InChI is InChI=1S/C16H26N4O/c1-3-18-15(21)14-10-13(6-9-19-14)20-16(11-17)7-4-12(2)5-8-16/h6,9-10,12H,3-5,7-8,11,17H2,1-2H3,(H,18,21)(H,19,20). The minimum Gasteiger partial charge on any atom is -0.378 e. The van der Waals surface area contributed by atoms with Gasteiger partial charge in [0.2, 0.25) is 0 Å². The third-order valence-corrected chi connectivity index (χ3v) is 4.36. The molecular formula is C16H26N4O. The van der Waals surface area contributed by atoms with E-state index in [1.165, 1.54) is 12.8 Å². The summed E-state index contributed by atoms with van der Waals surface area (Å²) in [6.45, 7) is 5.40. The lowest BCUT2D eigenvalue weighted by atomic mass is 9.77. The summed E-state index contributed by atoms with van der Waals surface area (Å²) in [5, 5.41) is 6.33. The van der Waals surface area contributed by atoms with E-state index < -0.39 is 0 Å². The van der Waals surface area contributed by atoms with Crippen molar-refractivity contribution in [3.05, 3.63) is 24.0 Å². The number of carbonyl (C=O) groups is 1. The molecule has 2 rings (SSSR count). The van der Waals surface area contributed by atoms with Crippen molar-refractivity contribution in [2.75, 3.05) is 18.4 Å². The number of pyridine rings is 1. The lowest BCUT2D eigenvalue weighted by Crippen LogP contribution is -2.48. The van der Waals surface area contributed by atoms with Crippen LogP contribution in [0.4, 0.5) is 5.69 Å². The molecule has 0 saturated heterocycles. The van der Waals surface area contributed by atoms with Gasteiger partial charge in [-0.25, -0.2) is 0 Å². The van der Waals surface area contributed by atoms with Crippen molar-refractivity contribution in [3.63, 3.8) is 0 Å². The van der Waals surface area contributed by atoms with E-state index in [9.17, 15) is 4.79 Å². The molecule has 116 valence electrons. The van der Waals surface area contributed by atoms with Crippen molar-refractivity contribution in [3.8, 4) is 0 Å². The van der Waals surface area contributed by atoms with E-state index in [1.807, 2.05) is 13.0 Å². The maximum absolute atomic E-state index is 11.9. The highest BCUT2D eigenvalue weighted by Crippen LogP contribution is 2.34. The molecule has 1 saturated carbocycles. The average Bonchev–Trinajstić information content (AvgIpc) is 2.50. The number of nitrogens with zero attached hydrogens (tertiary/aromatic N) is 1. The van der Waals surface area contributed by atoms with E-state index in [-0.39, 0.29) is 11.4 Å². The van der Waals surface area contributed by atoms with Gasteiger partial charge in [-0.05, 0) is 50.7 Å². The van der Waals surface area contributed by atoms with E-state index >= 15 is 0 Å².